The molecule has 0 radical (unpaired) electrons. The average Bonchev–Trinajstić information content (AvgIpc) is 2.40. The molecule has 0 heterocycles. The summed E-state index contributed by atoms with van der Waals surface area (Å²) >= 11 is 0. The quantitative estimate of drug-likeness (QED) is 0.892. The summed E-state index contributed by atoms with van der Waals surface area (Å²) in [6.07, 6.45) is 0. The number of rotatable bonds is 3. The summed E-state index contributed by atoms with van der Waals surface area (Å²) in [5, 5.41) is 18.8. The van der Waals surface area contributed by atoms with Crippen LogP contribution in [0.15, 0.2) is 36.4 Å². The largest absolute Gasteiger partial charge is 0.507 e. The fourth-order valence-corrected chi connectivity index (χ4v) is 1.86. The van der Waals surface area contributed by atoms with Crippen LogP contribution in [0, 0.1) is 5.82 Å². The highest BCUT2D eigenvalue weighted by atomic mass is 19.1. The molecule has 2 aromatic rings. The molecule has 4 nitrogen and oxygen atoms in total. The standard InChI is InChI=1S/C14H11FO4/c1-19-13-9(3-2-4-10(13)14(17)18)11-7-8(15)5-6-12(11)16/h2-7,16H,1H3,(H,17,18). The maximum Gasteiger partial charge on any atom is 0.339 e. The number of halogens is 1. The monoisotopic (exact) mass is 262 g/mol. The highest BCUT2D eigenvalue weighted by molar-refractivity contribution is 5.95. The number of ether oxygens (including phenoxy) is 1. The lowest BCUT2D eigenvalue weighted by Crippen LogP contribution is -2.01. The molecule has 0 aromatic heterocycles. The van der Waals surface area contributed by atoms with Crippen molar-refractivity contribution >= 4 is 5.97 Å². The highest BCUT2D eigenvalue weighted by Gasteiger charge is 2.18. The highest BCUT2D eigenvalue weighted by Crippen LogP contribution is 2.38. The predicted octanol–water partition coefficient (Wildman–Crippen LogP) is 2.91. The molecule has 0 amide bonds. The molecule has 0 aliphatic rings. The number of phenols is 1. The van der Waals surface area contributed by atoms with Gasteiger partial charge in [0.05, 0.1) is 7.11 Å². The second kappa shape index (κ2) is 4.97. The van der Waals surface area contributed by atoms with E-state index in [1.165, 1.54) is 25.3 Å². The Morgan fingerprint density at radius 1 is 1.21 bits per heavy atom. The van der Waals surface area contributed by atoms with Gasteiger partial charge in [0.2, 0.25) is 0 Å². The second-order valence-corrected chi connectivity index (χ2v) is 3.85. The molecule has 0 aliphatic carbocycles. The summed E-state index contributed by atoms with van der Waals surface area (Å²) in [5.74, 6) is -1.76. The van der Waals surface area contributed by atoms with Gasteiger partial charge in [-0.1, -0.05) is 12.1 Å². The third kappa shape index (κ3) is 2.35. The fourth-order valence-electron chi connectivity index (χ4n) is 1.86. The molecule has 0 bridgehead atoms. The number of hydrogen-bond donors (Lipinski definition) is 2. The van der Waals surface area contributed by atoms with E-state index in [-0.39, 0.29) is 22.6 Å². The molecule has 0 saturated carbocycles. The molecule has 98 valence electrons. The minimum absolute atomic E-state index is 0.0522. The molecule has 0 saturated heterocycles. The molecule has 0 unspecified atom stereocenters. The van der Waals surface area contributed by atoms with Crippen molar-refractivity contribution in [2.24, 2.45) is 0 Å². The van der Waals surface area contributed by atoms with Crippen molar-refractivity contribution in [1.29, 1.82) is 0 Å². The lowest BCUT2D eigenvalue weighted by molar-refractivity contribution is 0.0693. The van der Waals surface area contributed by atoms with Gasteiger partial charge in [-0.05, 0) is 24.3 Å². The summed E-state index contributed by atoms with van der Waals surface area (Å²) in [6.45, 7) is 0. The Hall–Kier alpha value is -2.56. The fraction of sp³-hybridized carbons (Fsp3) is 0.0714. The van der Waals surface area contributed by atoms with Crippen LogP contribution in [0.3, 0.4) is 0 Å². The Morgan fingerprint density at radius 3 is 2.58 bits per heavy atom. The van der Waals surface area contributed by atoms with E-state index in [1.54, 1.807) is 6.07 Å². The first-order valence-corrected chi connectivity index (χ1v) is 5.43. The van der Waals surface area contributed by atoms with Crippen LogP contribution in [-0.2, 0) is 0 Å². The zero-order valence-corrected chi connectivity index (χ0v) is 10.1. The molecule has 2 N–H and O–H groups in total. The van der Waals surface area contributed by atoms with Gasteiger partial charge in [0.1, 0.15) is 22.9 Å². The van der Waals surface area contributed by atoms with Crippen molar-refractivity contribution in [2.45, 2.75) is 0 Å². The van der Waals surface area contributed by atoms with Gasteiger partial charge in [-0.25, -0.2) is 9.18 Å². The number of para-hydroxylation sites is 1. The van der Waals surface area contributed by atoms with Gasteiger partial charge in [0, 0.05) is 11.1 Å². The van der Waals surface area contributed by atoms with Crippen molar-refractivity contribution in [1.82, 2.24) is 0 Å². The van der Waals surface area contributed by atoms with E-state index in [2.05, 4.69) is 0 Å². The normalized spacial score (nSPS) is 10.2. The van der Waals surface area contributed by atoms with E-state index in [0.29, 0.717) is 5.56 Å². The molecule has 19 heavy (non-hydrogen) atoms. The van der Waals surface area contributed by atoms with E-state index in [0.717, 1.165) is 12.1 Å². The van der Waals surface area contributed by atoms with Gasteiger partial charge >= 0.3 is 5.97 Å². The number of carboxylic acids is 1. The summed E-state index contributed by atoms with van der Waals surface area (Å²) in [7, 11) is 1.32. The molecule has 2 aromatic carbocycles. The lowest BCUT2D eigenvalue weighted by Gasteiger charge is -2.12. The Labute approximate surface area is 108 Å². The van der Waals surface area contributed by atoms with Crippen LogP contribution in [0.25, 0.3) is 11.1 Å². The first-order chi connectivity index (χ1) is 9.04. The first kappa shape index (κ1) is 12.9. The number of carbonyl (C=O) groups is 1. The Kier molecular flexibility index (Phi) is 3.37. The number of benzene rings is 2. The van der Waals surface area contributed by atoms with Crippen LogP contribution in [0.5, 0.6) is 11.5 Å². The second-order valence-electron chi connectivity index (χ2n) is 3.85. The number of carboxylic acid groups (broad SMARTS) is 1. The van der Waals surface area contributed by atoms with Crippen molar-refractivity contribution in [3.05, 3.63) is 47.8 Å². The molecule has 0 aliphatic heterocycles. The van der Waals surface area contributed by atoms with Gasteiger partial charge in [-0.2, -0.15) is 0 Å². The first-order valence-electron chi connectivity index (χ1n) is 5.43. The maximum atomic E-state index is 13.3. The topological polar surface area (TPSA) is 66.8 Å². The summed E-state index contributed by atoms with van der Waals surface area (Å²) in [6, 6.07) is 7.88. The van der Waals surface area contributed by atoms with Gasteiger partial charge in [0.15, 0.2) is 0 Å². The van der Waals surface area contributed by atoms with Gasteiger partial charge in [-0.15, -0.1) is 0 Å². The van der Waals surface area contributed by atoms with Crippen LogP contribution in [-0.4, -0.2) is 23.3 Å². The van der Waals surface area contributed by atoms with Crippen molar-refractivity contribution in [2.75, 3.05) is 7.11 Å². The van der Waals surface area contributed by atoms with Crippen LogP contribution in [0.1, 0.15) is 10.4 Å². The summed E-state index contributed by atoms with van der Waals surface area (Å²) in [5.41, 5.74) is 0.447. The number of aromatic carboxylic acids is 1. The smallest absolute Gasteiger partial charge is 0.339 e. The molecular weight excluding hydrogens is 251 g/mol. The summed E-state index contributed by atoms with van der Waals surface area (Å²) in [4.78, 5) is 11.1. The zero-order chi connectivity index (χ0) is 14.0. The Balaban J connectivity index is 2.72. The minimum atomic E-state index is -1.16. The molecule has 0 fully saturated rings. The molecule has 0 spiro atoms. The van der Waals surface area contributed by atoms with Crippen LogP contribution < -0.4 is 4.74 Å². The van der Waals surface area contributed by atoms with Crippen molar-refractivity contribution < 1.29 is 24.1 Å². The van der Waals surface area contributed by atoms with E-state index >= 15 is 0 Å². The third-order valence-corrected chi connectivity index (χ3v) is 2.70. The Morgan fingerprint density at radius 2 is 1.95 bits per heavy atom. The Bertz CT molecular complexity index is 637. The van der Waals surface area contributed by atoms with E-state index in [9.17, 15) is 14.3 Å². The minimum Gasteiger partial charge on any atom is -0.507 e. The van der Waals surface area contributed by atoms with E-state index < -0.39 is 11.8 Å². The van der Waals surface area contributed by atoms with Crippen LogP contribution in [0.4, 0.5) is 4.39 Å². The molecule has 0 atom stereocenters. The number of methoxy groups -OCH3 is 1. The van der Waals surface area contributed by atoms with Gasteiger partial charge < -0.3 is 14.9 Å². The SMILES string of the molecule is COc1c(C(=O)O)cccc1-c1cc(F)ccc1O. The predicted molar refractivity (Wildman–Crippen MR) is 67.0 cm³/mol. The summed E-state index contributed by atoms with van der Waals surface area (Å²) < 4.78 is 18.3. The molecular formula is C14H11FO4. The average molecular weight is 262 g/mol. The van der Waals surface area contributed by atoms with Gasteiger partial charge in [0.25, 0.3) is 0 Å². The van der Waals surface area contributed by atoms with E-state index in [1.807, 2.05) is 0 Å². The molecule has 2 rings (SSSR count). The third-order valence-electron chi connectivity index (χ3n) is 2.70. The van der Waals surface area contributed by atoms with Crippen molar-refractivity contribution in [3.8, 4) is 22.6 Å². The van der Waals surface area contributed by atoms with Crippen LogP contribution >= 0.6 is 0 Å². The number of aromatic hydroxyl groups is 1. The maximum absolute atomic E-state index is 13.3. The van der Waals surface area contributed by atoms with Crippen molar-refractivity contribution in [3.63, 3.8) is 0 Å². The van der Waals surface area contributed by atoms with Crippen LogP contribution in [0.2, 0.25) is 0 Å². The van der Waals surface area contributed by atoms with Gasteiger partial charge in [-0.3, -0.25) is 0 Å². The zero-order valence-electron chi connectivity index (χ0n) is 10.1. The molecule has 5 heteroatoms. The number of hydrogen-bond acceptors (Lipinski definition) is 3. The van der Waals surface area contributed by atoms with E-state index in [4.69, 9.17) is 9.84 Å². The number of phenolic OH excluding ortho intramolecular Hbond substituents is 1. The lowest BCUT2D eigenvalue weighted by atomic mass is 10.0.